The molecule has 4 rings (SSSR count). The second-order valence-electron chi connectivity index (χ2n) is 6.43. The first kappa shape index (κ1) is 17.3. The van der Waals surface area contributed by atoms with Crippen molar-refractivity contribution < 1.29 is 19.0 Å². The molecule has 1 aliphatic rings. The molecule has 3 aromatic rings. The maximum Gasteiger partial charge on any atom is 0.343 e. The Balaban J connectivity index is 1.72. The second-order valence-corrected chi connectivity index (χ2v) is 6.43. The Kier molecular flexibility index (Phi) is 4.39. The summed E-state index contributed by atoms with van der Waals surface area (Å²) in [6.07, 6.45) is 4.91. The Hall–Kier alpha value is -3.16. The average molecular weight is 370 g/mol. The number of nitrogens with zero attached hydrogens (tertiary/aromatic N) is 4. The van der Waals surface area contributed by atoms with Crippen molar-refractivity contribution in [2.24, 2.45) is 0 Å². The Morgan fingerprint density at radius 3 is 3.04 bits per heavy atom. The lowest BCUT2D eigenvalue weighted by Gasteiger charge is -2.26. The number of hydrogen-bond donors (Lipinski definition) is 1. The molecule has 1 aliphatic heterocycles. The lowest BCUT2D eigenvalue weighted by atomic mass is 10.0. The maximum atomic E-state index is 13.7. The van der Waals surface area contributed by atoms with Gasteiger partial charge in [-0.3, -0.25) is 0 Å². The van der Waals surface area contributed by atoms with Crippen molar-refractivity contribution in [1.29, 1.82) is 0 Å². The quantitative estimate of drug-likeness (QED) is 0.711. The second kappa shape index (κ2) is 6.86. The van der Waals surface area contributed by atoms with Crippen molar-refractivity contribution in [3.05, 3.63) is 53.6 Å². The topological polar surface area (TPSA) is 80.0 Å². The number of aromatic hydroxyl groups is 1. The Bertz CT molecular complexity index is 984. The summed E-state index contributed by atoms with van der Waals surface area (Å²) >= 11 is 0. The van der Waals surface area contributed by atoms with E-state index in [-0.39, 0.29) is 18.4 Å². The van der Waals surface area contributed by atoms with Crippen LogP contribution in [0, 0.1) is 5.82 Å². The van der Waals surface area contributed by atoms with E-state index in [0.717, 1.165) is 25.5 Å². The van der Waals surface area contributed by atoms with Gasteiger partial charge >= 0.3 is 5.97 Å². The molecule has 1 aromatic carbocycles. The summed E-state index contributed by atoms with van der Waals surface area (Å²) in [6.45, 7) is 2.76. The van der Waals surface area contributed by atoms with E-state index in [0.29, 0.717) is 22.6 Å². The molecule has 1 atom stereocenters. The van der Waals surface area contributed by atoms with Gasteiger partial charge in [0.05, 0.1) is 18.8 Å². The van der Waals surface area contributed by atoms with Crippen LogP contribution in [0.4, 0.5) is 10.2 Å². The SMILES string of the molecule is CCOC(=O)c1cnn2ccc(N3CCCC3c3cc(O)cc(F)c3)nc12. The van der Waals surface area contributed by atoms with Crippen LogP contribution in [-0.4, -0.2) is 38.8 Å². The summed E-state index contributed by atoms with van der Waals surface area (Å²) in [7, 11) is 0. The lowest BCUT2D eigenvalue weighted by molar-refractivity contribution is 0.0528. The van der Waals surface area contributed by atoms with Crippen molar-refractivity contribution in [2.45, 2.75) is 25.8 Å². The van der Waals surface area contributed by atoms with Crippen LogP contribution in [0.1, 0.15) is 41.7 Å². The fourth-order valence-electron chi connectivity index (χ4n) is 3.55. The number of ether oxygens (including phenoxy) is 1. The molecule has 1 fully saturated rings. The number of carbonyl (C=O) groups excluding carboxylic acids is 1. The number of esters is 1. The highest BCUT2D eigenvalue weighted by Crippen LogP contribution is 2.36. The zero-order chi connectivity index (χ0) is 19.0. The molecule has 27 heavy (non-hydrogen) atoms. The van der Waals surface area contributed by atoms with Crippen LogP contribution in [0.25, 0.3) is 5.65 Å². The van der Waals surface area contributed by atoms with Gasteiger partial charge in [0.15, 0.2) is 5.65 Å². The highest BCUT2D eigenvalue weighted by Gasteiger charge is 2.28. The molecular weight excluding hydrogens is 351 g/mol. The largest absolute Gasteiger partial charge is 0.508 e. The molecule has 3 heterocycles. The molecule has 1 unspecified atom stereocenters. The molecule has 7 nitrogen and oxygen atoms in total. The third-order valence-electron chi connectivity index (χ3n) is 4.69. The fraction of sp³-hybridized carbons (Fsp3) is 0.316. The Morgan fingerprint density at radius 2 is 2.26 bits per heavy atom. The fourth-order valence-corrected chi connectivity index (χ4v) is 3.55. The molecule has 1 N–H and O–H groups in total. The molecule has 0 spiro atoms. The predicted molar refractivity (Wildman–Crippen MR) is 96.3 cm³/mol. The number of aromatic nitrogens is 3. The van der Waals surface area contributed by atoms with Gasteiger partial charge in [-0.05, 0) is 43.5 Å². The first-order valence-electron chi connectivity index (χ1n) is 8.84. The number of phenols is 1. The van der Waals surface area contributed by atoms with E-state index in [9.17, 15) is 14.3 Å². The molecule has 0 saturated carbocycles. The van der Waals surface area contributed by atoms with Crippen LogP contribution in [0.3, 0.4) is 0 Å². The van der Waals surface area contributed by atoms with Gasteiger partial charge in [-0.15, -0.1) is 0 Å². The van der Waals surface area contributed by atoms with E-state index >= 15 is 0 Å². The summed E-state index contributed by atoms with van der Waals surface area (Å²) in [4.78, 5) is 18.8. The standard InChI is InChI=1S/C19H19FN4O3/c1-2-27-19(26)15-11-21-24-7-5-17(22-18(15)24)23-6-3-4-16(23)12-8-13(20)10-14(25)9-12/h5,7-11,16,25H,2-4,6H2,1H3. The summed E-state index contributed by atoms with van der Waals surface area (Å²) in [5.41, 5.74) is 1.42. The summed E-state index contributed by atoms with van der Waals surface area (Å²) in [6, 6.07) is 5.81. The number of anilines is 1. The van der Waals surface area contributed by atoms with Crippen LogP contribution >= 0.6 is 0 Å². The number of carbonyl (C=O) groups is 1. The first-order valence-corrected chi connectivity index (χ1v) is 8.84. The monoisotopic (exact) mass is 370 g/mol. The molecule has 0 bridgehead atoms. The minimum atomic E-state index is -0.472. The summed E-state index contributed by atoms with van der Waals surface area (Å²) in [5, 5.41) is 13.9. The van der Waals surface area contributed by atoms with Crippen molar-refractivity contribution in [2.75, 3.05) is 18.1 Å². The molecule has 2 aromatic heterocycles. The van der Waals surface area contributed by atoms with E-state index in [2.05, 4.69) is 15.0 Å². The normalized spacial score (nSPS) is 16.8. The van der Waals surface area contributed by atoms with Gasteiger partial charge in [0.25, 0.3) is 0 Å². The van der Waals surface area contributed by atoms with Gasteiger partial charge in [-0.1, -0.05) is 0 Å². The average Bonchev–Trinajstić information content (AvgIpc) is 3.27. The maximum absolute atomic E-state index is 13.7. The van der Waals surface area contributed by atoms with Gasteiger partial charge in [-0.25, -0.2) is 18.7 Å². The van der Waals surface area contributed by atoms with Gasteiger partial charge in [-0.2, -0.15) is 5.10 Å². The van der Waals surface area contributed by atoms with Gasteiger partial charge in [0, 0.05) is 18.8 Å². The van der Waals surface area contributed by atoms with Crippen molar-refractivity contribution >= 4 is 17.4 Å². The van der Waals surface area contributed by atoms with Crippen LogP contribution in [0.15, 0.2) is 36.7 Å². The van der Waals surface area contributed by atoms with E-state index in [1.54, 1.807) is 19.2 Å². The van der Waals surface area contributed by atoms with Crippen molar-refractivity contribution in [3.8, 4) is 5.75 Å². The zero-order valence-electron chi connectivity index (χ0n) is 14.8. The van der Waals surface area contributed by atoms with E-state index < -0.39 is 11.8 Å². The predicted octanol–water partition coefficient (Wildman–Crippen LogP) is 3.09. The number of halogens is 1. The Labute approximate surface area is 155 Å². The zero-order valence-corrected chi connectivity index (χ0v) is 14.8. The number of hydrogen-bond acceptors (Lipinski definition) is 6. The number of rotatable bonds is 4. The van der Waals surface area contributed by atoms with E-state index in [4.69, 9.17) is 4.74 Å². The van der Waals surface area contributed by atoms with Crippen molar-refractivity contribution in [1.82, 2.24) is 14.6 Å². The number of benzene rings is 1. The lowest BCUT2D eigenvalue weighted by Crippen LogP contribution is -2.24. The van der Waals surface area contributed by atoms with Crippen LogP contribution in [0.5, 0.6) is 5.75 Å². The highest BCUT2D eigenvalue weighted by molar-refractivity contribution is 5.95. The molecule has 0 amide bonds. The van der Waals surface area contributed by atoms with E-state index in [1.807, 2.05) is 6.07 Å². The smallest absolute Gasteiger partial charge is 0.343 e. The van der Waals surface area contributed by atoms with Gasteiger partial charge in [0.1, 0.15) is 22.9 Å². The molecule has 1 saturated heterocycles. The first-order chi connectivity index (χ1) is 13.1. The summed E-state index contributed by atoms with van der Waals surface area (Å²) in [5.74, 6) is -0.369. The molecule has 8 heteroatoms. The van der Waals surface area contributed by atoms with Gasteiger partial charge in [0.2, 0.25) is 0 Å². The van der Waals surface area contributed by atoms with Crippen LogP contribution in [0.2, 0.25) is 0 Å². The third-order valence-corrected chi connectivity index (χ3v) is 4.69. The van der Waals surface area contributed by atoms with E-state index in [1.165, 1.54) is 16.8 Å². The van der Waals surface area contributed by atoms with Gasteiger partial charge < -0.3 is 14.7 Å². The highest BCUT2D eigenvalue weighted by atomic mass is 19.1. The number of phenolic OH excluding ortho intramolecular Hbond substituents is 1. The molecule has 0 radical (unpaired) electrons. The molecule has 140 valence electrons. The number of fused-ring (bicyclic) bond motifs is 1. The minimum absolute atomic E-state index is 0.0966. The van der Waals surface area contributed by atoms with Crippen LogP contribution < -0.4 is 4.90 Å². The third kappa shape index (κ3) is 3.18. The molecule has 0 aliphatic carbocycles. The summed E-state index contributed by atoms with van der Waals surface area (Å²) < 4.78 is 20.3. The molecular formula is C19H19FN4O3. The van der Waals surface area contributed by atoms with Crippen molar-refractivity contribution in [3.63, 3.8) is 0 Å². The Morgan fingerprint density at radius 1 is 1.41 bits per heavy atom. The van der Waals surface area contributed by atoms with Crippen LogP contribution in [-0.2, 0) is 4.74 Å². The minimum Gasteiger partial charge on any atom is -0.508 e.